The smallest absolute Gasteiger partial charge is 0.305 e. The number of aromatic hydroxyl groups is 1. The standard InChI is InChI=1S/C36H39FN6O5S/c37-26-17-23(8-11-38-20-31(45)27-6-7-30(44)32-33(27)49-35(47)39-32)16-24(18-26)21-42-12-9-36(10-13-42)22-43(14-15-48-36)34(46)29-19-28(40-41-29)25-4-2-1-3-5-25/h1-7,16-19,31,38,44-45H,8-15,20-22H2,(H,39,47)(H,40,41). The molecule has 1 amide bonds. The van der Waals surface area contributed by atoms with Gasteiger partial charge in [-0.05, 0) is 61.2 Å². The molecular weight excluding hydrogens is 647 g/mol. The molecule has 2 aliphatic rings. The second kappa shape index (κ2) is 14.2. The number of aromatic amines is 2. The molecule has 13 heteroatoms. The number of likely N-dealkylation sites (tertiary alicyclic amines) is 1. The summed E-state index contributed by atoms with van der Waals surface area (Å²) in [5.74, 6) is -0.394. The molecule has 5 aromatic rings. The lowest BCUT2D eigenvalue weighted by Gasteiger charge is -2.47. The van der Waals surface area contributed by atoms with E-state index in [0.29, 0.717) is 60.7 Å². The number of phenolic OH excluding ortho intramolecular Hbond substituents is 1. The minimum absolute atomic E-state index is 0.0343. The molecule has 7 rings (SSSR count). The van der Waals surface area contributed by atoms with Gasteiger partial charge in [-0.1, -0.05) is 53.8 Å². The van der Waals surface area contributed by atoms with Gasteiger partial charge in [0.25, 0.3) is 5.91 Å². The summed E-state index contributed by atoms with van der Waals surface area (Å²) in [5, 5.41) is 31.3. The number of aliphatic hydroxyl groups excluding tert-OH is 1. The fourth-order valence-corrected chi connectivity index (χ4v) is 7.81. The minimum Gasteiger partial charge on any atom is -0.506 e. The highest BCUT2D eigenvalue weighted by Crippen LogP contribution is 2.33. The number of nitrogens with one attached hydrogen (secondary N) is 3. The van der Waals surface area contributed by atoms with E-state index in [0.717, 1.165) is 59.7 Å². The molecule has 2 aliphatic heterocycles. The number of thiazole rings is 1. The van der Waals surface area contributed by atoms with Gasteiger partial charge in [-0.15, -0.1) is 0 Å². The van der Waals surface area contributed by atoms with E-state index in [9.17, 15) is 24.2 Å². The quantitative estimate of drug-likeness (QED) is 0.138. The maximum Gasteiger partial charge on any atom is 0.305 e. The van der Waals surface area contributed by atoms with Gasteiger partial charge in [-0.3, -0.25) is 19.6 Å². The highest BCUT2D eigenvalue weighted by atomic mass is 32.1. The number of amides is 1. The number of H-pyrrole nitrogens is 2. The first kappa shape index (κ1) is 33.1. The fourth-order valence-electron chi connectivity index (χ4n) is 6.89. The van der Waals surface area contributed by atoms with E-state index in [1.807, 2.05) is 41.3 Å². The van der Waals surface area contributed by atoms with E-state index in [2.05, 4.69) is 25.4 Å². The number of hydrogen-bond acceptors (Lipinski definition) is 9. The highest BCUT2D eigenvalue weighted by Gasteiger charge is 2.41. The van der Waals surface area contributed by atoms with Crippen LogP contribution in [0.15, 0.2) is 71.5 Å². The summed E-state index contributed by atoms with van der Waals surface area (Å²) in [4.78, 5) is 31.7. The van der Waals surface area contributed by atoms with E-state index in [4.69, 9.17) is 4.74 Å². The maximum atomic E-state index is 14.7. The van der Waals surface area contributed by atoms with Gasteiger partial charge in [0.05, 0.1) is 35.3 Å². The zero-order valence-corrected chi connectivity index (χ0v) is 27.8. The van der Waals surface area contributed by atoms with Crippen LogP contribution in [0.2, 0.25) is 0 Å². The van der Waals surface area contributed by atoms with Gasteiger partial charge in [0.15, 0.2) is 0 Å². The molecule has 0 aliphatic carbocycles. The Kier molecular flexibility index (Phi) is 9.61. The summed E-state index contributed by atoms with van der Waals surface area (Å²) in [5.41, 5.74) is 4.41. The number of nitrogens with zero attached hydrogens (tertiary/aromatic N) is 3. The fraction of sp³-hybridized carbons (Fsp3) is 0.361. The van der Waals surface area contributed by atoms with E-state index in [1.165, 1.54) is 12.1 Å². The van der Waals surface area contributed by atoms with Crippen molar-refractivity contribution in [1.29, 1.82) is 0 Å². The van der Waals surface area contributed by atoms with Gasteiger partial charge in [-0.25, -0.2) is 4.39 Å². The van der Waals surface area contributed by atoms with Crippen LogP contribution in [0.4, 0.5) is 4.39 Å². The lowest BCUT2D eigenvalue weighted by atomic mass is 9.89. The lowest BCUT2D eigenvalue weighted by Crippen LogP contribution is -2.58. The van der Waals surface area contributed by atoms with Gasteiger partial charge < -0.3 is 30.2 Å². The summed E-state index contributed by atoms with van der Waals surface area (Å²) < 4.78 is 21.5. The second-order valence-corrected chi connectivity index (χ2v) is 13.9. The van der Waals surface area contributed by atoms with Crippen molar-refractivity contribution < 1.29 is 24.1 Å². The van der Waals surface area contributed by atoms with Crippen molar-refractivity contribution in [2.75, 3.05) is 45.9 Å². The SMILES string of the molecule is O=C(c1cc(-c2ccccc2)n[nH]1)N1CCOC2(CCN(Cc3cc(F)cc(CCNCC(O)c4ccc(O)c5[nH]c(=O)sc45)c3)CC2)C1. The number of carbonyl (C=O) groups is 1. The summed E-state index contributed by atoms with van der Waals surface area (Å²) in [6.45, 7) is 4.46. The van der Waals surface area contributed by atoms with Crippen molar-refractivity contribution in [3.8, 4) is 17.0 Å². The van der Waals surface area contributed by atoms with E-state index < -0.39 is 11.7 Å². The Labute approximate surface area is 286 Å². The third-order valence-corrected chi connectivity index (χ3v) is 10.4. The van der Waals surface area contributed by atoms with Gasteiger partial charge in [0.1, 0.15) is 22.8 Å². The lowest BCUT2D eigenvalue weighted by molar-refractivity contribution is -0.128. The number of aromatic nitrogens is 3. The average molecular weight is 687 g/mol. The molecule has 3 aromatic carbocycles. The van der Waals surface area contributed by atoms with Crippen LogP contribution in [0.5, 0.6) is 5.75 Å². The predicted octanol–water partition coefficient (Wildman–Crippen LogP) is 4.20. The number of halogens is 1. The van der Waals surface area contributed by atoms with Crippen LogP contribution < -0.4 is 10.2 Å². The molecular formula is C36H39FN6O5S. The number of rotatable bonds is 10. The number of fused-ring (bicyclic) bond motifs is 1. The number of ether oxygens (including phenoxy) is 1. The molecule has 1 atom stereocenters. The zero-order chi connectivity index (χ0) is 34.0. The van der Waals surface area contributed by atoms with Crippen molar-refractivity contribution >= 4 is 27.5 Å². The number of carbonyl (C=O) groups excluding carboxylic acids is 1. The molecule has 2 fully saturated rings. The first-order valence-corrected chi connectivity index (χ1v) is 17.4. The number of aliphatic hydroxyl groups is 1. The molecule has 0 saturated carbocycles. The van der Waals surface area contributed by atoms with Gasteiger partial charge >= 0.3 is 4.87 Å². The Bertz CT molecular complexity index is 1990. The topological polar surface area (TPSA) is 147 Å². The van der Waals surface area contributed by atoms with Crippen molar-refractivity contribution in [3.05, 3.63) is 105 Å². The molecule has 2 saturated heterocycles. The number of piperidine rings is 1. The second-order valence-electron chi connectivity index (χ2n) is 12.9. The van der Waals surface area contributed by atoms with Gasteiger partial charge in [0.2, 0.25) is 0 Å². The van der Waals surface area contributed by atoms with Gasteiger partial charge in [0, 0.05) is 43.9 Å². The summed E-state index contributed by atoms with van der Waals surface area (Å²) >= 11 is 0.951. The number of phenols is 1. The first-order chi connectivity index (χ1) is 23.7. The Morgan fingerprint density at radius 1 is 1.08 bits per heavy atom. The Morgan fingerprint density at radius 2 is 1.88 bits per heavy atom. The van der Waals surface area contributed by atoms with E-state index in [1.54, 1.807) is 18.2 Å². The predicted molar refractivity (Wildman–Crippen MR) is 185 cm³/mol. The molecule has 0 radical (unpaired) electrons. The monoisotopic (exact) mass is 686 g/mol. The Hall–Kier alpha value is -4.40. The van der Waals surface area contributed by atoms with Gasteiger partial charge in [-0.2, -0.15) is 5.10 Å². The minimum atomic E-state index is -0.878. The first-order valence-electron chi connectivity index (χ1n) is 16.5. The number of morpholine rings is 1. The third-order valence-electron chi connectivity index (χ3n) is 9.48. The molecule has 1 unspecified atom stereocenters. The zero-order valence-electron chi connectivity index (χ0n) is 27.0. The number of benzene rings is 3. The highest BCUT2D eigenvalue weighted by molar-refractivity contribution is 7.16. The molecule has 1 spiro atoms. The van der Waals surface area contributed by atoms with Crippen LogP contribution >= 0.6 is 11.3 Å². The Morgan fingerprint density at radius 3 is 2.69 bits per heavy atom. The van der Waals surface area contributed by atoms with Crippen molar-refractivity contribution in [1.82, 2.24) is 30.3 Å². The van der Waals surface area contributed by atoms with Crippen LogP contribution in [0, 0.1) is 5.82 Å². The van der Waals surface area contributed by atoms with Crippen LogP contribution in [-0.2, 0) is 17.7 Å². The van der Waals surface area contributed by atoms with Crippen LogP contribution in [0.3, 0.4) is 0 Å². The van der Waals surface area contributed by atoms with Crippen molar-refractivity contribution in [3.63, 3.8) is 0 Å². The maximum absolute atomic E-state index is 14.7. The molecule has 4 heterocycles. The third kappa shape index (κ3) is 7.46. The van der Waals surface area contributed by atoms with Crippen LogP contribution in [0.1, 0.15) is 46.1 Å². The molecule has 0 bridgehead atoms. The molecule has 49 heavy (non-hydrogen) atoms. The largest absolute Gasteiger partial charge is 0.506 e. The Balaban J connectivity index is 0.898. The summed E-state index contributed by atoms with van der Waals surface area (Å²) in [6.07, 6.45) is 1.24. The summed E-state index contributed by atoms with van der Waals surface area (Å²) in [7, 11) is 0. The molecule has 11 nitrogen and oxygen atoms in total. The van der Waals surface area contributed by atoms with E-state index >= 15 is 0 Å². The van der Waals surface area contributed by atoms with Crippen molar-refractivity contribution in [2.24, 2.45) is 0 Å². The van der Waals surface area contributed by atoms with E-state index in [-0.39, 0.29) is 28.9 Å². The normalized spacial score (nSPS) is 17.1. The van der Waals surface area contributed by atoms with Crippen LogP contribution in [-0.4, -0.2) is 92.6 Å². The molecule has 2 aromatic heterocycles. The molecule has 5 N–H and O–H groups in total. The number of hydrogen-bond donors (Lipinski definition) is 5. The van der Waals surface area contributed by atoms with Crippen molar-refractivity contribution in [2.45, 2.75) is 37.5 Å². The summed E-state index contributed by atoms with van der Waals surface area (Å²) in [6, 6.07) is 19.8. The average Bonchev–Trinajstić information content (AvgIpc) is 3.76. The van der Waals surface area contributed by atoms with Crippen LogP contribution in [0.25, 0.3) is 21.5 Å². The molecule has 256 valence electrons.